The van der Waals surface area contributed by atoms with Crippen molar-refractivity contribution in [2.45, 2.75) is 10.6 Å². The normalized spacial score (nSPS) is 10.9. The van der Waals surface area contributed by atoms with Crippen LogP contribution in [0.4, 0.5) is 10.1 Å². The van der Waals surface area contributed by atoms with Gasteiger partial charge in [0.05, 0.1) is 23.0 Å². The fourth-order valence-corrected chi connectivity index (χ4v) is 5.02. The van der Waals surface area contributed by atoms with E-state index >= 15 is 0 Å². The number of ether oxygens (including phenoxy) is 1. The Balaban J connectivity index is 1.64. The molecule has 0 atom stereocenters. The van der Waals surface area contributed by atoms with E-state index in [1.54, 1.807) is 24.9 Å². The highest BCUT2D eigenvalue weighted by molar-refractivity contribution is 7.98. The summed E-state index contributed by atoms with van der Waals surface area (Å²) in [6.45, 7) is 0. The van der Waals surface area contributed by atoms with Gasteiger partial charge in [0.2, 0.25) is 5.91 Å². The first-order chi connectivity index (χ1) is 15.1. The molecule has 1 heterocycles. The Kier molecular flexibility index (Phi) is 6.75. The van der Waals surface area contributed by atoms with E-state index < -0.39 is 0 Å². The minimum atomic E-state index is -0.280. The maximum Gasteiger partial charge on any atom is 0.239 e. The lowest BCUT2D eigenvalue weighted by Gasteiger charge is -2.12. The quantitative estimate of drug-likeness (QED) is 0.244. The topological polar surface area (TPSA) is 51.2 Å². The fourth-order valence-electron chi connectivity index (χ4n) is 2.97. The minimum absolute atomic E-state index is 0.117. The van der Waals surface area contributed by atoms with Crippen LogP contribution in [-0.2, 0) is 10.5 Å². The van der Waals surface area contributed by atoms with E-state index in [2.05, 4.69) is 10.3 Å². The molecule has 0 fully saturated rings. The van der Waals surface area contributed by atoms with Gasteiger partial charge in [-0.05, 0) is 54.1 Å². The van der Waals surface area contributed by atoms with Gasteiger partial charge in [0.1, 0.15) is 22.5 Å². The third-order valence-electron chi connectivity index (χ3n) is 4.53. The second-order valence-corrected chi connectivity index (χ2v) is 8.98. The molecular weight excluding hydrogens is 455 g/mol. The number of carbonyl (C=O) groups excluding carboxylic acids is 1. The molecule has 0 bridgehead atoms. The summed E-state index contributed by atoms with van der Waals surface area (Å²) in [5.74, 6) is 0.850. The number of carbonyl (C=O) groups is 1. The highest BCUT2D eigenvalue weighted by Crippen LogP contribution is 2.37. The predicted molar refractivity (Wildman–Crippen MR) is 127 cm³/mol. The van der Waals surface area contributed by atoms with Crippen molar-refractivity contribution in [2.24, 2.45) is 0 Å². The van der Waals surface area contributed by atoms with Crippen LogP contribution in [0.1, 0.15) is 5.56 Å². The number of methoxy groups -OCH3 is 1. The molecule has 0 spiro atoms. The van der Waals surface area contributed by atoms with Gasteiger partial charge in [0.25, 0.3) is 0 Å². The zero-order valence-corrected chi connectivity index (χ0v) is 18.9. The van der Waals surface area contributed by atoms with Gasteiger partial charge in [-0.15, -0.1) is 34.7 Å². The van der Waals surface area contributed by atoms with Crippen molar-refractivity contribution in [3.8, 4) is 16.3 Å². The number of fused-ring (bicyclic) bond motifs is 1. The summed E-state index contributed by atoms with van der Waals surface area (Å²) in [6, 6.07) is 18.2. The fraction of sp³-hybridized carbons (Fsp3) is 0.130. The third-order valence-corrected chi connectivity index (χ3v) is 6.96. The summed E-state index contributed by atoms with van der Waals surface area (Å²) >= 11 is 8.71. The molecule has 1 aromatic heterocycles. The number of aromatic nitrogens is 1. The Bertz CT molecular complexity index is 1230. The number of thioether (sulfide) groups is 1. The van der Waals surface area contributed by atoms with Gasteiger partial charge in [-0.25, -0.2) is 9.37 Å². The zero-order valence-electron chi connectivity index (χ0n) is 16.5. The lowest BCUT2D eigenvalue weighted by Crippen LogP contribution is -2.13. The standard InChI is InChI=1S/C23H18ClFN2O2S2/c1-29-17-6-2-14(3-7-17)13-30-20-10-15(4-8-18(20)26-22(28)12-24)23-27-19-9-5-16(25)11-21(19)31-23/h2-11H,12-13H2,1H3,(H,26,28). The van der Waals surface area contributed by atoms with Crippen molar-refractivity contribution in [2.75, 3.05) is 18.3 Å². The van der Waals surface area contributed by atoms with Crippen LogP contribution < -0.4 is 10.1 Å². The van der Waals surface area contributed by atoms with Crippen LogP contribution in [0.3, 0.4) is 0 Å². The Hall–Kier alpha value is -2.61. The first kappa shape index (κ1) is 21.6. The van der Waals surface area contributed by atoms with E-state index in [1.807, 2.05) is 42.5 Å². The molecule has 158 valence electrons. The van der Waals surface area contributed by atoms with Crippen molar-refractivity contribution in [3.05, 3.63) is 72.0 Å². The van der Waals surface area contributed by atoms with Gasteiger partial charge < -0.3 is 10.1 Å². The molecule has 0 saturated carbocycles. The van der Waals surface area contributed by atoms with Crippen molar-refractivity contribution >= 4 is 56.5 Å². The molecule has 0 saturated heterocycles. The van der Waals surface area contributed by atoms with Gasteiger partial charge in [-0.3, -0.25) is 4.79 Å². The molecule has 1 N–H and O–H groups in total. The number of rotatable bonds is 7. The first-order valence-electron chi connectivity index (χ1n) is 9.38. The Labute approximate surface area is 192 Å². The number of halogens is 2. The van der Waals surface area contributed by atoms with Crippen LogP contribution >= 0.6 is 34.7 Å². The first-order valence-corrected chi connectivity index (χ1v) is 11.7. The number of nitrogens with one attached hydrogen (secondary N) is 1. The van der Waals surface area contributed by atoms with Crippen LogP contribution in [0, 0.1) is 5.82 Å². The smallest absolute Gasteiger partial charge is 0.239 e. The Morgan fingerprint density at radius 1 is 1.16 bits per heavy atom. The summed E-state index contributed by atoms with van der Waals surface area (Å²) in [6.07, 6.45) is 0. The number of benzene rings is 3. The Morgan fingerprint density at radius 2 is 1.97 bits per heavy atom. The molecule has 0 aliphatic heterocycles. The van der Waals surface area contributed by atoms with Crippen molar-refractivity contribution < 1.29 is 13.9 Å². The second kappa shape index (κ2) is 9.68. The minimum Gasteiger partial charge on any atom is -0.497 e. The summed E-state index contributed by atoms with van der Waals surface area (Å²) in [5, 5.41) is 3.64. The summed E-state index contributed by atoms with van der Waals surface area (Å²) in [7, 11) is 1.64. The van der Waals surface area contributed by atoms with Crippen LogP contribution in [0.5, 0.6) is 5.75 Å². The molecule has 4 nitrogen and oxygen atoms in total. The number of thiazole rings is 1. The van der Waals surface area contributed by atoms with Gasteiger partial charge >= 0.3 is 0 Å². The van der Waals surface area contributed by atoms with Crippen LogP contribution in [-0.4, -0.2) is 23.9 Å². The molecule has 4 aromatic rings. The molecule has 0 aliphatic carbocycles. The SMILES string of the molecule is COc1ccc(CSc2cc(-c3nc4ccc(F)cc4s3)ccc2NC(=O)CCl)cc1. The monoisotopic (exact) mass is 472 g/mol. The molecular formula is C23H18ClFN2O2S2. The molecule has 4 rings (SSSR count). The van der Waals surface area contributed by atoms with Crippen molar-refractivity contribution in [3.63, 3.8) is 0 Å². The molecule has 0 aliphatic rings. The predicted octanol–water partition coefficient (Wildman–Crippen LogP) is 6.58. The lowest BCUT2D eigenvalue weighted by molar-refractivity contribution is -0.113. The lowest BCUT2D eigenvalue weighted by atomic mass is 10.2. The maximum absolute atomic E-state index is 13.5. The van der Waals surface area contributed by atoms with E-state index in [4.69, 9.17) is 16.3 Å². The zero-order chi connectivity index (χ0) is 21.8. The second-order valence-electron chi connectivity index (χ2n) is 6.66. The van der Waals surface area contributed by atoms with Crippen LogP contribution in [0.25, 0.3) is 20.8 Å². The van der Waals surface area contributed by atoms with Crippen LogP contribution in [0.2, 0.25) is 0 Å². The van der Waals surface area contributed by atoms with E-state index in [0.29, 0.717) is 11.4 Å². The largest absolute Gasteiger partial charge is 0.497 e. The highest BCUT2D eigenvalue weighted by atomic mass is 35.5. The molecule has 0 radical (unpaired) electrons. The summed E-state index contributed by atoms with van der Waals surface area (Å²) < 4.78 is 19.5. The molecule has 1 amide bonds. The number of nitrogens with zero attached hydrogens (tertiary/aromatic N) is 1. The van der Waals surface area contributed by atoms with Crippen molar-refractivity contribution in [1.29, 1.82) is 0 Å². The molecule has 8 heteroatoms. The van der Waals surface area contributed by atoms with Crippen molar-refractivity contribution in [1.82, 2.24) is 4.98 Å². The van der Waals surface area contributed by atoms with Gasteiger partial charge in [0.15, 0.2) is 0 Å². The average Bonchev–Trinajstić information content (AvgIpc) is 3.21. The molecule has 3 aromatic carbocycles. The number of anilines is 1. The van der Waals surface area contributed by atoms with E-state index in [0.717, 1.165) is 37.0 Å². The number of alkyl halides is 1. The highest BCUT2D eigenvalue weighted by Gasteiger charge is 2.13. The van der Waals surface area contributed by atoms with E-state index in [-0.39, 0.29) is 17.6 Å². The molecule has 0 unspecified atom stereocenters. The summed E-state index contributed by atoms with van der Waals surface area (Å²) in [4.78, 5) is 17.4. The maximum atomic E-state index is 13.5. The summed E-state index contributed by atoms with van der Waals surface area (Å²) in [5.41, 5.74) is 3.48. The van der Waals surface area contributed by atoms with Gasteiger partial charge in [0, 0.05) is 16.2 Å². The van der Waals surface area contributed by atoms with Gasteiger partial charge in [-0.1, -0.05) is 12.1 Å². The van der Waals surface area contributed by atoms with E-state index in [9.17, 15) is 9.18 Å². The number of hydrogen-bond acceptors (Lipinski definition) is 5. The van der Waals surface area contributed by atoms with E-state index in [1.165, 1.54) is 23.5 Å². The van der Waals surface area contributed by atoms with Gasteiger partial charge in [-0.2, -0.15) is 0 Å². The number of hydrogen-bond donors (Lipinski definition) is 1. The molecule has 31 heavy (non-hydrogen) atoms. The third kappa shape index (κ3) is 5.18. The number of amides is 1. The average molecular weight is 473 g/mol. The Morgan fingerprint density at radius 3 is 2.71 bits per heavy atom. The van der Waals surface area contributed by atoms with Crippen LogP contribution in [0.15, 0.2) is 65.6 Å².